The first kappa shape index (κ1) is 18.6. The number of carbonyl (C=O) groups is 1. The largest absolute Gasteiger partial charge is 0.486 e. The van der Waals surface area contributed by atoms with Gasteiger partial charge in [0.1, 0.15) is 11.4 Å². The molecule has 2 aliphatic rings. The van der Waals surface area contributed by atoms with Gasteiger partial charge in [0.15, 0.2) is 5.78 Å². The van der Waals surface area contributed by atoms with Crippen LogP contribution in [0.1, 0.15) is 29.6 Å². The molecule has 0 unspecified atom stereocenters. The van der Waals surface area contributed by atoms with Crippen molar-refractivity contribution in [1.29, 1.82) is 0 Å². The van der Waals surface area contributed by atoms with Crippen LogP contribution >= 0.6 is 0 Å². The molecule has 1 fully saturated rings. The number of nitro benzene ring substituents is 1. The van der Waals surface area contributed by atoms with Gasteiger partial charge in [-0.25, -0.2) is 8.42 Å². The SMILES string of the molecule is O=C1CC2(CCN(S(=O)(=O)c3ccc([N+](=O)[O-])cc3)CC2)Oc2ccccc21. The average Bonchev–Trinajstić information content (AvgIpc) is 2.68. The Balaban J connectivity index is 1.51. The van der Waals surface area contributed by atoms with Crippen molar-refractivity contribution in [3.8, 4) is 5.75 Å². The Morgan fingerprint density at radius 1 is 1.04 bits per heavy atom. The van der Waals surface area contributed by atoms with E-state index in [0.717, 1.165) is 0 Å². The molecule has 146 valence electrons. The van der Waals surface area contributed by atoms with Crippen molar-refractivity contribution in [2.24, 2.45) is 0 Å². The van der Waals surface area contributed by atoms with E-state index in [1.54, 1.807) is 24.3 Å². The Kier molecular flexibility index (Phi) is 4.43. The summed E-state index contributed by atoms with van der Waals surface area (Å²) in [5.74, 6) is 0.555. The maximum atomic E-state index is 12.9. The van der Waals surface area contributed by atoms with E-state index in [0.29, 0.717) is 24.2 Å². The van der Waals surface area contributed by atoms with Gasteiger partial charge in [-0.1, -0.05) is 12.1 Å². The highest BCUT2D eigenvalue weighted by molar-refractivity contribution is 7.89. The lowest BCUT2D eigenvalue weighted by Gasteiger charge is -2.43. The summed E-state index contributed by atoms with van der Waals surface area (Å²) in [5.41, 5.74) is -0.286. The topological polar surface area (TPSA) is 107 Å². The lowest BCUT2D eigenvalue weighted by Crippen LogP contribution is -2.52. The Hall–Kier alpha value is -2.78. The minimum absolute atomic E-state index is 0.00789. The highest BCUT2D eigenvalue weighted by Gasteiger charge is 2.44. The summed E-state index contributed by atoms with van der Waals surface area (Å²) >= 11 is 0. The molecule has 0 amide bonds. The van der Waals surface area contributed by atoms with Crippen LogP contribution in [0.3, 0.4) is 0 Å². The van der Waals surface area contributed by atoms with Crippen LogP contribution in [0.4, 0.5) is 5.69 Å². The van der Waals surface area contributed by atoms with E-state index in [-0.39, 0.29) is 35.9 Å². The van der Waals surface area contributed by atoms with E-state index in [4.69, 9.17) is 4.74 Å². The van der Waals surface area contributed by atoms with Gasteiger partial charge in [0.05, 0.1) is 21.8 Å². The van der Waals surface area contributed by atoms with Crippen LogP contribution in [-0.2, 0) is 10.0 Å². The van der Waals surface area contributed by atoms with Crippen LogP contribution < -0.4 is 4.74 Å². The lowest BCUT2D eigenvalue weighted by molar-refractivity contribution is -0.384. The number of non-ortho nitro benzene ring substituents is 1. The summed E-state index contributed by atoms with van der Waals surface area (Å²) in [5, 5.41) is 10.8. The third kappa shape index (κ3) is 3.16. The number of rotatable bonds is 3. The number of nitro groups is 1. The Morgan fingerprint density at radius 3 is 2.32 bits per heavy atom. The molecule has 0 aliphatic carbocycles. The Bertz CT molecular complexity index is 1040. The summed E-state index contributed by atoms with van der Waals surface area (Å²) < 4.78 is 33.2. The number of sulfonamides is 1. The molecule has 8 nitrogen and oxygen atoms in total. The first-order valence-corrected chi connectivity index (χ1v) is 10.3. The number of para-hydroxylation sites is 1. The number of ether oxygens (including phenoxy) is 1. The number of fused-ring (bicyclic) bond motifs is 1. The predicted molar refractivity (Wildman–Crippen MR) is 99.8 cm³/mol. The standard InChI is InChI=1S/C19H18N2O6S/c22-17-13-19(27-18-4-2-1-3-16(17)18)9-11-20(12-10-19)28(25,26)15-7-5-14(6-8-15)21(23)24/h1-8H,9-13H2. The lowest BCUT2D eigenvalue weighted by atomic mass is 9.83. The minimum Gasteiger partial charge on any atom is -0.486 e. The molecule has 0 N–H and O–H groups in total. The number of benzene rings is 2. The van der Waals surface area contributed by atoms with Crippen LogP contribution in [0.5, 0.6) is 5.75 Å². The predicted octanol–water partition coefficient (Wildman–Crippen LogP) is 2.78. The smallest absolute Gasteiger partial charge is 0.269 e. The molecule has 0 saturated carbocycles. The highest BCUT2D eigenvalue weighted by atomic mass is 32.2. The van der Waals surface area contributed by atoms with Gasteiger partial charge in [0, 0.05) is 38.1 Å². The van der Waals surface area contributed by atoms with Gasteiger partial charge < -0.3 is 4.74 Å². The number of hydrogen-bond donors (Lipinski definition) is 0. The van der Waals surface area contributed by atoms with Gasteiger partial charge in [0.25, 0.3) is 5.69 Å². The second-order valence-corrected chi connectivity index (χ2v) is 8.97. The third-order valence-electron chi connectivity index (χ3n) is 5.32. The van der Waals surface area contributed by atoms with Gasteiger partial charge in [0.2, 0.25) is 10.0 Å². The fourth-order valence-corrected chi connectivity index (χ4v) is 5.19. The number of nitrogens with zero attached hydrogens (tertiary/aromatic N) is 2. The summed E-state index contributed by atoms with van der Waals surface area (Å²) in [6.07, 6.45) is 1.04. The quantitative estimate of drug-likeness (QED) is 0.577. The van der Waals surface area contributed by atoms with Gasteiger partial charge in [-0.3, -0.25) is 14.9 Å². The molecule has 2 aromatic carbocycles. The fourth-order valence-electron chi connectivity index (χ4n) is 3.74. The van der Waals surface area contributed by atoms with Gasteiger partial charge in [-0.05, 0) is 24.3 Å². The molecular weight excluding hydrogens is 384 g/mol. The summed E-state index contributed by atoms with van der Waals surface area (Å²) in [6, 6.07) is 11.9. The number of ketones is 1. The van der Waals surface area contributed by atoms with Crippen molar-refractivity contribution in [2.75, 3.05) is 13.1 Å². The van der Waals surface area contributed by atoms with Crippen molar-refractivity contribution in [1.82, 2.24) is 4.31 Å². The molecule has 1 saturated heterocycles. The summed E-state index contributed by atoms with van der Waals surface area (Å²) in [6.45, 7) is 0.434. The van der Waals surface area contributed by atoms with E-state index in [9.17, 15) is 23.3 Å². The van der Waals surface area contributed by atoms with E-state index < -0.39 is 20.5 Å². The zero-order valence-corrected chi connectivity index (χ0v) is 15.7. The maximum Gasteiger partial charge on any atom is 0.269 e. The molecule has 9 heteroatoms. The van der Waals surface area contributed by atoms with E-state index in [1.165, 1.54) is 28.6 Å². The molecule has 0 bridgehead atoms. The van der Waals surface area contributed by atoms with Crippen LogP contribution in [0.2, 0.25) is 0 Å². The van der Waals surface area contributed by atoms with E-state index >= 15 is 0 Å². The molecule has 2 aromatic rings. The molecule has 2 heterocycles. The van der Waals surface area contributed by atoms with Crippen LogP contribution in [0, 0.1) is 10.1 Å². The van der Waals surface area contributed by atoms with Crippen molar-refractivity contribution in [3.05, 3.63) is 64.2 Å². The first-order chi connectivity index (χ1) is 13.3. The van der Waals surface area contributed by atoms with Gasteiger partial charge >= 0.3 is 0 Å². The van der Waals surface area contributed by atoms with Gasteiger partial charge in [-0.15, -0.1) is 0 Å². The molecule has 28 heavy (non-hydrogen) atoms. The van der Waals surface area contributed by atoms with Crippen molar-refractivity contribution < 1.29 is 22.9 Å². The zero-order chi connectivity index (χ0) is 19.9. The van der Waals surface area contributed by atoms with Crippen LogP contribution in [-0.4, -0.2) is 42.1 Å². The third-order valence-corrected chi connectivity index (χ3v) is 7.23. The number of hydrogen-bond acceptors (Lipinski definition) is 6. The second kappa shape index (κ2) is 6.68. The Labute approximate surface area is 161 Å². The minimum atomic E-state index is -3.76. The number of carbonyl (C=O) groups excluding carboxylic acids is 1. The second-order valence-electron chi connectivity index (χ2n) is 7.04. The average molecular weight is 402 g/mol. The van der Waals surface area contributed by atoms with Crippen LogP contribution in [0.15, 0.2) is 53.4 Å². The molecule has 2 aliphatic heterocycles. The van der Waals surface area contributed by atoms with E-state index in [2.05, 4.69) is 0 Å². The van der Waals surface area contributed by atoms with Crippen LogP contribution in [0.25, 0.3) is 0 Å². The number of piperidine rings is 1. The summed E-state index contributed by atoms with van der Waals surface area (Å²) in [7, 11) is -3.76. The monoisotopic (exact) mass is 402 g/mol. The molecular formula is C19H18N2O6S. The molecule has 4 rings (SSSR count). The Morgan fingerprint density at radius 2 is 1.68 bits per heavy atom. The zero-order valence-electron chi connectivity index (χ0n) is 14.9. The fraction of sp³-hybridized carbons (Fsp3) is 0.316. The normalized spacial score (nSPS) is 19.1. The van der Waals surface area contributed by atoms with Crippen molar-refractivity contribution in [2.45, 2.75) is 29.8 Å². The first-order valence-electron chi connectivity index (χ1n) is 8.87. The maximum absolute atomic E-state index is 12.9. The molecule has 1 spiro atoms. The summed E-state index contributed by atoms with van der Waals surface area (Å²) in [4.78, 5) is 22.7. The van der Waals surface area contributed by atoms with E-state index in [1.807, 2.05) is 0 Å². The number of Topliss-reactive ketones (excluding diaryl/α,β-unsaturated/α-hetero) is 1. The molecule has 0 atom stereocenters. The molecule has 0 aromatic heterocycles. The van der Waals surface area contributed by atoms with Crippen molar-refractivity contribution in [3.63, 3.8) is 0 Å². The van der Waals surface area contributed by atoms with Gasteiger partial charge in [-0.2, -0.15) is 4.31 Å². The highest BCUT2D eigenvalue weighted by Crippen LogP contribution is 2.40. The molecule has 0 radical (unpaired) electrons. The van der Waals surface area contributed by atoms with Crippen molar-refractivity contribution >= 4 is 21.5 Å².